The Hall–Kier alpha value is -0.000000000000000111. The smallest absolute Gasteiger partial charge is 0.176 e. The fraction of sp³-hybridized carbons (Fsp3) is 0.750. The highest BCUT2D eigenvalue weighted by Crippen LogP contribution is 2.06. The van der Waals surface area contributed by atoms with Gasteiger partial charge in [0, 0.05) is 0 Å². The van der Waals surface area contributed by atoms with Crippen molar-refractivity contribution >= 4 is 35.0 Å². The van der Waals surface area contributed by atoms with E-state index in [-0.39, 0.29) is 5.34 Å². The molecule has 1 heterocycles. The Morgan fingerprint density at radius 1 is 1.55 bits per heavy atom. The normalized spacial score (nSPS) is 8.64. The number of alkyl halides is 2. The summed E-state index contributed by atoms with van der Waals surface area (Å²) in [6.07, 6.45) is 0. The summed E-state index contributed by atoms with van der Waals surface area (Å²) in [6, 6.07) is 0. The van der Waals surface area contributed by atoms with Crippen molar-refractivity contribution < 1.29 is 0 Å². The highest BCUT2D eigenvalue weighted by Gasteiger charge is 1.92. The van der Waals surface area contributed by atoms with Gasteiger partial charge in [-0.05, 0) is 11.0 Å². The highest BCUT2D eigenvalue weighted by molar-refractivity contribution is 7.99. The Bertz CT molecular complexity index is 157. The van der Waals surface area contributed by atoms with Crippen LogP contribution in [0.4, 0.5) is 0 Å². The van der Waals surface area contributed by atoms with E-state index in [0.717, 1.165) is 5.75 Å². The summed E-state index contributed by atoms with van der Waals surface area (Å²) < 4.78 is 0. The first kappa shape index (κ1) is 11.0. The van der Waals surface area contributed by atoms with Crippen LogP contribution in [0.5, 0.6) is 0 Å². The largest absolute Gasteiger partial charge is 0.230 e. The summed E-state index contributed by atoms with van der Waals surface area (Å²) in [5.74, 6) is 0.986. The van der Waals surface area contributed by atoms with Crippen molar-refractivity contribution in [3.05, 3.63) is 0 Å². The Labute approximate surface area is 79.0 Å². The first-order chi connectivity index (χ1) is 5.35. The van der Waals surface area contributed by atoms with Crippen LogP contribution < -0.4 is 0 Å². The van der Waals surface area contributed by atoms with Crippen molar-refractivity contribution in [2.75, 3.05) is 11.1 Å². The number of aromatic amines is 1. The van der Waals surface area contributed by atoms with Crippen molar-refractivity contribution in [3.63, 3.8) is 0 Å². The molecule has 0 aromatic carbocycles. The van der Waals surface area contributed by atoms with E-state index < -0.39 is 0 Å². The molecule has 0 saturated heterocycles. The monoisotopic (exact) mass is 214 g/mol. The van der Waals surface area contributed by atoms with Gasteiger partial charge >= 0.3 is 0 Å². The third kappa shape index (κ3) is 6.40. The Balaban J connectivity index is 0.000000292. The summed E-state index contributed by atoms with van der Waals surface area (Å²) in [4.78, 5) is 0. The van der Waals surface area contributed by atoms with Gasteiger partial charge in [-0.3, -0.25) is 0 Å². The average Bonchev–Trinajstić information content (AvgIpc) is 2.42. The zero-order valence-electron chi connectivity index (χ0n) is 5.92. The average molecular weight is 215 g/mol. The summed E-state index contributed by atoms with van der Waals surface area (Å²) in [5, 5.41) is 14.1. The number of rotatable bonds is 2. The van der Waals surface area contributed by atoms with E-state index in [2.05, 4.69) is 20.6 Å². The molecule has 0 saturated carbocycles. The van der Waals surface area contributed by atoms with Crippen LogP contribution in [0.1, 0.15) is 6.92 Å². The first-order valence-electron chi connectivity index (χ1n) is 2.83. The van der Waals surface area contributed by atoms with E-state index in [0.29, 0.717) is 5.16 Å². The predicted molar refractivity (Wildman–Crippen MR) is 47.1 cm³/mol. The molecule has 1 N–H and O–H groups in total. The van der Waals surface area contributed by atoms with Gasteiger partial charge in [0.15, 0.2) is 0 Å². The molecule has 0 fully saturated rings. The number of halogens is 2. The van der Waals surface area contributed by atoms with E-state index in [4.69, 9.17) is 23.2 Å². The quantitative estimate of drug-likeness (QED) is 0.603. The zero-order chi connectivity index (χ0) is 8.53. The molecule has 0 aliphatic rings. The van der Waals surface area contributed by atoms with Crippen molar-refractivity contribution in [2.24, 2.45) is 0 Å². The lowest BCUT2D eigenvalue weighted by Gasteiger charge is -1.80. The van der Waals surface area contributed by atoms with Crippen LogP contribution in [0, 0.1) is 0 Å². The molecule has 0 radical (unpaired) electrons. The molecule has 11 heavy (non-hydrogen) atoms. The lowest BCUT2D eigenvalue weighted by atomic mass is 11.0. The minimum absolute atomic E-state index is 0.194. The number of nitrogens with zero attached hydrogens (tertiary/aromatic N) is 3. The molecule has 0 bridgehead atoms. The number of hydrogen-bond acceptors (Lipinski definition) is 4. The Morgan fingerprint density at radius 2 is 2.18 bits per heavy atom. The number of thioether (sulfide) groups is 1. The molecule has 0 unspecified atom stereocenters. The molecule has 0 spiro atoms. The number of H-pyrrole nitrogens is 1. The van der Waals surface area contributed by atoms with Crippen molar-refractivity contribution in [2.45, 2.75) is 12.1 Å². The van der Waals surface area contributed by atoms with Crippen LogP contribution in [0.3, 0.4) is 0 Å². The van der Waals surface area contributed by atoms with Crippen LogP contribution in [0.15, 0.2) is 5.16 Å². The van der Waals surface area contributed by atoms with Crippen LogP contribution in [0.25, 0.3) is 0 Å². The Morgan fingerprint density at radius 3 is 2.55 bits per heavy atom. The van der Waals surface area contributed by atoms with E-state index in [1.54, 1.807) is 11.8 Å². The third-order valence-electron chi connectivity index (χ3n) is 0.599. The van der Waals surface area contributed by atoms with E-state index >= 15 is 0 Å². The van der Waals surface area contributed by atoms with Crippen LogP contribution in [-0.4, -0.2) is 31.7 Å². The molecule has 64 valence electrons. The number of tetrazole rings is 1. The second-order valence-corrected chi connectivity index (χ2v) is 3.27. The molecule has 7 heteroatoms. The second kappa shape index (κ2) is 8.10. The topological polar surface area (TPSA) is 54.5 Å². The molecular weight excluding hydrogens is 207 g/mol. The van der Waals surface area contributed by atoms with Gasteiger partial charge in [0.05, 0.1) is 5.34 Å². The molecule has 0 aliphatic heterocycles. The van der Waals surface area contributed by atoms with E-state index in [1.165, 1.54) is 0 Å². The first-order valence-corrected chi connectivity index (χ1v) is 4.88. The van der Waals surface area contributed by atoms with E-state index in [9.17, 15) is 0 Å². The van der Waals surface area contributed by atoms with Crippen LogP contribution in [-0.2, 0) is 0 Å². The van der Waals surface area contributed by atoms with Gasteiger partial charge in [-0.2, -0.15) is 5.21 Å². The van der Waals surface area contributed by atoms with Gasteiger partial charge in [-0.15, -0.1) is 33.4 Å². The number of aromatic nitrogens is 4. The second-order valence-electron chi connectivity index (χ2n) is 1.23. The summed E-state index contributed by atoms with van der Waals surface area (Å²) in [5.41, 5.74) is 0. The van der Waals surface area contributed by atoms with Crippen LogP contribution >= 0.6 is 35.0 Å². The number of hydrogen-bond donors (Lipinski definition) is 1. The van der Waals surface area contributed by atoms with Gasteiger partial charge < -0.3 is 0 Å². The van der Waals surface area contributed by atoms with Crippen molar-refractivity contribution in [3.8, 4) is 0 Å². The standard InChI is InChI=1S/C3H6N4S.CH2Cl2/c1-2-8-3-4-6-7-5-3;2-1-3/h2H2,1H3,(H,4,5,6,7);1H2. The van der Waals surface area contributed by atoms with Crippen LogP contribution in [0.2, 0.25) is 0 Å². The maximum atomic E-state index is 4.76. The molecule has 0 aliphatic carbocycles. The number of nitrogens with one attached hydrogen (secondary N) is 1. The maximum absolute atomic E-state index is 4.76. The van der Waals surface area contributed by atoms with Gasteiger partial charge in [0.1, 0.15) is 0 Å². The van der Waals surface area contributed by atoms with Crippen molar-refractivity contribution in [1.82, 2.24) is 20.6 Å². The maximum Gasteiger partial charge on any atom is 0.230 e. The fourth-order valence-corrected chi connectivity index (χ4v) is 0.805. The third-order valence-corrected chi connectivity index (χ3v) is 1.32. The molecule has 0 amide bonds. The van der Waals surface area contributed by atoms with Gasteiger partial charge in [0.2, 0.25) is 5.16 Å². The summed E-state index contributed by atoms with van der Waals surface area (Å²) in [7, 11) is 0. The minimum Gasteiger partial charge on any atom is -0.176 e. The molecule has 4 nitrogen and oxygen atoms in total. The van der Waals surface area contributed by atoms with Crippen molar-refractivity contribution in [1.29, 1.82) is 0 Å². The van der Waals surface area contributed by atoms with Gasteiger partial charge in [-0.1, -0.05) is 18.7 Å². The van der Waals surface area contributed by atoms with E-state index in [1.807, 2.05) is 6.92 Å². The lowest BCUT2D eigenvalue weighted by molar-refractivity contribution is 0.881. The van der Waals surface area contributed by atoms with Gasteiger partial charge in [-0.25, -0.2) is 0 Å². The molecular formula is C4H8Cl2N4S. The summed E-state index contributed by atoms with van der Waals surface area (Å²) >= 11 is 11.1. The van der Waals surface area contributed by atoms with Gasteiger partial charge in [0.25, 0.3) is 0 Å². The molecule has 1 aromatic rings. The summed E-state index contributed by atoms with van der Waals surface area (Å²) in [6.45, 7) is 2.04. The minimum atomic E-state index is 0.194. The Kier molecular flexibility index (Phi) is 8.10. The predicted octanol–water partition coefficient (Wildman–Crippen LogP) is 1.73. The molecule has 0 atom stereocenters. The zero-order valence-corrected chi connectivity index (χ0v) is 8.25. The lowest BCUT2D eigenvalue weighted by Crippen LogP contribution is -1.73. The SMILES string of the molecule is CCSc1nn[nH]n1.ClCCl. The molecule has 1 aromatic heterocycles. The fourth-order valence-electron chi connectivity index (χ4n) is 0.343. The highest BCUT2D eigenvalue weighted by atomic mass is 35.5. The molecule has 1 rings (SSSR count).